The number of hydrogen-bond acceptors (Lipinski definition) is 4. The standard InChI is InChI=1S/C9H14N4O4/c1-6(2)13-4-7(3-10-13)11-9(16)12-17-5-8(14)15/h3-4,6H,5H2,1-2H3,(H,14,15)(H2,11,12,16). The van der Waals surface area contributed by atoms with Crippen molar-refractivity contribution in [3.63, 3.8) is 0 Å². The monoisotopic (exact) mass is 242 g/mol. The lowest BCUT2D eigenvalue weighted by Crippen LogP contribution is -2.30. The highest BCUT2D eigenvalue weighted by atomic mass is 16.7. The largest absolute Gasteiger partial charge is 0.479 e. The minimum absolute atomic E-state index is 0.192. The fourth-order valence-corrected chi connectivity index (χ4v) is 1.00. The second kappa shape index (κ2) is 5.85. The highest BCUT2D eigenvalue weighted by molar-refractivity contribution is 5.88. The Labute approximate surface area is 97.5 Å². The van der Waals surface area contributed by atoms with Crippen LogP contribution in [0.1, 0.15) is 19.9 Å². The Kier molecular flexibility index (Phi) is 4.46. The Hall–Kier alpha value is -2.09. The Balaban J connectivity index is 2.37. The van der Waals surface area contributed by atoms with E-state index in [1.165, 1.54) is 6.20 Å². The molecule has 0 aromatic carbocycles. The van der Waals surface area contributed by atoms with Gasteiger partial charge in [-0.3, -0.25) is 9.52 Å². The van der Waals surface area contributed by atoms with Crippen LogP contribution in [0, 0.1) is 0 Å². The average molecular weight is 242 g/mol. The molecule has 8 nitrogen and oxygen atoms in total. The first-order valence-electron chi connectivity index (χ1n) is 4.93. The molecule has 0 saturated carbocycles. The molecular formula is C9H14N4O4. The van der Waals surface area contributed by atoms with Gasteiger partial charge < -0.3 is 10.4 Å². The fraction of sp³-hybridized carbons (Fsp3) is 0.444. The molecule has 0 fully saturated rings. The highest BCUT2D eigenvalue weighted by Crippen LogP contribution is 2.09. The van der Waals surface area contributed by atoms with Crippen LogP contribution >= 0.6 is 0 Å². The summed E-state index contributed by atoms with van der Waals surface area (Å²) in [5.74, 6) is -1.17. The van der Waals surface area contributed by atoms with E-state index in [2.05, 4.69) is 15.3 Å². The summed E-state index contributed by atoms with van der Waals surface area (Å²) in [7, 11) is 0. The molecule has 1 rings (SSSR count). The van der Waals surface area contributed by atoms with E-state index >= 15 is 0 Å². The number of aromatic nitrogens is 2. The maximum atomic E-state index is 11.2. The average Bonchev–Trinajstić information content (AvgIpc) is 2.65. The second-order valence-corrected chi connectivity index (χ2v) is 3.54. The SMILES string of the molecule is CC(C)n1cc(NC(=O)NOCC(=O)O)cn1. The number of hydroxylamine groups is 1. The van der Waals surface area contributed by atoms with Gasteiger partial charge in [0.1, 0.15) is 0 Å². The van der Waals surface area contributed by atoms with Gasteiger partial charge in [-0.15, -0.1) is 0 Å². The number of anilines is 1. The number of hydrogen-bond donors (Lipinski definition) is 3. The molecule has 0 aliphatic carbocycles. The Bertz CT molecular complexity index is 401. The molecule has 1 aromatic rings. The van der Waals surface area contributed by atoms with E-state index < -0.39 is 18.6 Å². The number of carboxylic acids is 1. The predicted molar refractivity (Wildman–Crippen MR) is 58.4 cm³/mol. The van der Waals surface area contributed by atoms with Gasteiger partial charge in [-0.2, -0.15) is 5.10 Å². The lowest BCUT2D eigenvalue weighted by atomic mass is 10.4. The molecule has 0 radical (unpaired) electrons. The normalized spacial score (nSPS) is 10.3. The Morgan fingerprint density at radius 3 is 2.82 bits per heavy atom. The molecule has 0 aliphatic rings. The molecule has 8 heteroatoms. The summed E-state index contributed by atoms with van der Waals surface area (Å²) in [6.45, 7) is 3.30. The van der Waals surface area contributed by atoms with Gasteiger partial charge in [-0.25, -0.2) is 15.1 Å². The predicted octanol–water partition coefficient (Wildman–Crippen LogP) is 0.602. The van der Waals surface area contributed by atoms with Gasteiger partial charge in [0.15, 0.2) is 6.61 Å². The zero-order chi connectivity index (χ0) is 12.8. The lowest BCUT2D eigenvalue weighted by molar-refractivity contribution is -0.143. The number of nitrogens with zero attached hydrogens (tertiary/aromatic N) is 2. The zero-order valence-electron chi connectivity index (χ0n) is 9.51. The molecule has 0 aliphatic heterocycles. The number of rotatable bonds is 5. The minimum atomic E-state index is -1.17. The van der Waals surface area contributed by atoms with Crippen molar-refractivity contribution in [1.82, 2.24) is 15.3 Å². The summed E-state index contributed by atoms with van der Waals surface area (Å²) in [6, 6.07) is -0.466. The zero-order valence-corrected chi connectivity index (χ0v) is 9.51. The van der Waals surface area contributed by atoms with Crippen LogP contribution in [-0.2, 0) is 9.63 Å². The second-order valence-electron chi connectivity index (χ2n) is 3.54. The smallest absolute Gasteiger partial charge is 0.343 e. The summed E-state index contributed by atoms with van der Waals surface area (Å²) in [5.41, 5.74) is 2.43. The van der Waals surface area contributed by atoms with Gasteiger partial charge >= 0.3 is 12.0 Å². The van der Waals surface area contributed by atoms with E-state index in [1.807, 2.05) is 19.3 Å². The first kappa shape index (κ1) is 13.0. The minimum Gasteiger partial charge on any atom is -0.479 e. The molecule has 17 heavy (non-hydrogen) atoms. The molecule has 0 spiro atoms. The van der Waals surface area contributed by atoms with Crippen LogP contribution in [0.4, 0.5) is 10.5 Å². The Morgan fingerprint density at radius 1 is 1.59 bits per heavy atom. The first-order chi connectivity index (χ1) is 7.99. The van der Waals surface area contributed by atoms with Crippen molar-refractivity contribution in [3.8, 4) is 0 Å². The van der Waals surface area contributed by atoms with Crippen LogP contribution in [0.2, 0.25) is 0 Å². The number of aliphatic carboxylic acids is 1. The fourth-order valence-electron chi connectivity index (χ4n) is 1.00. The van der Waals surface area contributed by atoms with E-state index in [9.17, 15) is 9.59 Å². The molecule has 0 atom stereocenters. The third-order valence-electron chi connectivity index (χ3n) is 1.75. The van der Waals surface area contributed by atoms with E-state index in [-0.39, 0.29) is 6.04 Å². The van der Waals surface area contributed by atoms with Crippen molar-refractivity contribution in [1.29, 1.82) is 0 Å². The molecule has 1 aromatic heterocycles. The van der Waals surface area contributed by atoms with Crippen LogP contribution in [0.15, 0.2) is 12.4 Å². The molecular weight excluding hydrogens is 228 g/mol. The summed E-state index contributed by atoms with van der Waals surface area (Å²) in [6.07, 6.45) is 3.14. The summed E-state index contributed by atoms with van der Waals surface area (Å²) >= 11 is 0. The van der Waals surface area contributed by atoms with Gasteiger partial charge in [0.05, 0.1) is 11.9 Å². The quantitative estimate of drug-likeness (QED) is 0.656. The van der Waals surface area contributed by atoms with Gasteiger partial charge in [0.2, 0.25) is 0 Å². The van der Waals surface area contributed by atoms with Crippen molar-refractivity contribution >= 4 is 17.7 Å². The number of nitrogens with one attached hydrogen (secondary N) is 2. The number of urea groups is 1. The Morgan fingerprint density at radius 2 is 2.29 bits per heavy atom. The number of carbonyl (C=O) groups is 2. The summed E-state index contributed by atoms with van der Waals surface area (Å²) in [4.78, 5) is 25.7. The summed E-state index contributed by atoms with van der Waals surface area (Å²) in [5, 5.41) is 14.7. The van der Waals surface area contributed by atoms with Crippen LogP contribution < -0.4 is 10.8 Å². The maximum absolute atomic E-state index is 11.2. The summed E-state index contributed by atoms with van der Waals surface area (Å²) < 4.78 is 1.67. The highest BCUT2D eigenvalue weighted by Gasteiger charge is 2.06. The van der Waals surface area contributed by atoms with E-state index in [4.69, 9.17) is 5.11 Å². The number of amides is 2. The van der Waals surface area contributed by atoms with Crippen molar-refractivity contribution in [2.75, 3.05) is 11.9 Å². The molecule has 0 bridgehead atoms. The number of carboxylic acid groups (broad SMARTS) is 1. The molecule has 3 N–H and O–H groups in total. The third-order valence-corrected chi connectivity index (χ3v) is 1.75. The van der Waals surface area contributed by atoms with E-state index in [0.29, 0.717) is 5.69 Å². The van der Waals surface area contributed by atoms with Crippen molar-refractivity contribution < 1.29 is 19.5 Å². The van der Waals surface area contributed by atoms with Gasteiger partial charge in [-0.05, 0) is 13.8 Å². The molecule has 0 saturated heterocycles. The molecule has 2 amide bonds. The van der Waals surface area contributed by atoms with Crippen LogP contribution in [0.25, 0.3) is 0 Å². The molecule has 1 heterocycles. The van der Waals surface area contributed by atoms with E-state index in [1.54, 1.807) is 10.9 Å². The van der Waals surface area contributed by atoms with Crippen molar-refractivity contribution in [3.05, 3.63) is 12.4 Å². The van der Waals surface area contributed by atoms with Gasteiger partial charge in [0, 0.05) is 12.2 Å². The topological polar surface area (TPSA) is 105 Å². The molecule has 94 valence electrons. The lowest BCUT2D eigenvalue weighted by Gasteiger charge is -2.05. The van der Waals surface area contributed by atoms with Crippen molar-refractivity contribution in [2.24, 2.45) is 0 Å². The first-order valence-corrected chi connectivity index (χ1v) is 4.93. The number of carbonyl (C=O) groups excluding carboxylic acids is 1. The van der Waals surface area contributed by atoms with Crippen LogP contribution in [0.5, 0.6) is 0 Å². The van der Waals surface area contributed by atoms with E-state index in [0.717, 1.165) is 0 Å². The van der Waals surface area contributed by atoms with Gasteiger partial charge in [0.25, 0.3) is 0 Å². The van der Waals surface area contributed by atoms with Crippen molar-refractivity contribution in [2.45, 2.75) is 19.9 Å². The molecule has 0 unspecified atom stereocenters. The van der Waals surface area contributed by atoms with Crippen LogP contribution in [0.3, 0.4) is 0 Å². The van der Waals surface area contributed by atoms with Gasteiger partial charge in [-0.1, -0.05) is 0 Å². The maximum Gasteiger partial charge on any atom is 0.343 e. The third kappa shape index (κ3) is 4.51. The van der Waals surface area contributed by atoms with Crippen LogP contribution in [-0.4, -0.2) is 33.5 Å².